The molecule has 0 aliphatic carbocycles. The van der Waals surface area contributed by atoms with E-state index in [4.69, 9.17) is 0 Å². The number of amides is 2. The first-order valence-electron chi connectivity index (χ1n) is 11.5. The smallest absolute Gasteiger partial charge is 0.257 e. The van der Waals surface area contributed by atoms with Crippen LogP contribution in [0.4, 0.5) is 8.78 Å². The molecule has 0 saturated carbocycles. The SMILES string of the molecule is CCn1cc(C(=O)NC2(C(=O)NCc3ccc(F)cc3F)CCNCC2)c(=O)c2ccc(C)nc21. The van der Waals surface area contributed by atoms with Crippen molar-refractivity contribution in [3.05, 3.63) is 75.2 Å². The number of hydrogen-bond acceptors (Lipinski definition) is 5. The first kappa shape index (κ1) is 24.5. The van der Waals surface area contributed by atoms with Gasteiger partial charge in [0.05, 0.1) is 5.39 Å². The van der Waals surface area contributed by atoms with Crippen LogP contribution in [0.2, 0.25) is 0 Å². The molecule has 8 nitrogen and oxygen atoms in total. The van der Waals surface area contributed by atoms with E-state index < -0.39 is 34.4 Å². The Bertz CT molecular complexity index is 1350. The number of fused-ring (bicyclic) bond motifs is 1. The second kappa shape index (κ2) is 9.91. The normalized spacial score (nSPS) is 15.1. The van der Waals surface area contributed by atoms with Gasteiger partial charge in [-0.1, -0.05) is 6.07 Å². The molecule has 35 heavy (non-hydrogen) atoms. The van der Waals surface area contributed by atoms with E-state index in [1.807, 2.05) is 13.8 Å². The van der Waals surface area contributed by atoms with Crippen molar-refractivity contribution >= 4 is 22.8 Å². The molecule has 3 heterocycles. The number of halogens is 2. The molecule has 0 unspecified atom stereocenters. The molecule has 3 aromatic rings. The molecule has 2 aromatic heterocycles. The van der Waals surface area contributed by atoms with Crippen LogP contribution < -0.4 is 21.4 Å². The molecule has 0 bridgehead atoms. The largest absolute Gasteiger partial charge is 0.350 e. The summed E-state index contributed by atoms with van der Waals surface area (Å²) >= 11 is 0. The zero-order chi connectivity index (χ0) is 25.2. The maximum atomic E-state index is 14.0. The number of nitrogens with one attached hydrogen (secondary N) is 3. The van der Waals surface area contributed by atoms with Gasteiger partial charge in [0.1, 0.15) is 28.4 Å². The molecule has 0 spiro atoms. The third kappa shape index (κ3) is 4.93. The number of aryl methyl sites for hydroxylation is 2. The van der Waals surface area contributed by atoms with E-state index in [1.165, 1.54) is 12.3 Å². The molecule has 1 aliphatic rings. The van der Waals surface area contributed by atoms with Gasteiger partial charge in [0, 0.05) is 36.6 Å². The second-order valence-electron chi connectivity index (χ2n) is 8.69. The van der Waals surface area contributed by atoms with Crippen molar-refractivity contribution in [3.8, 4) is 0 Å². The van der Waals surface area contributed by atoms with E-state index in [9.17, 15) is 23.2 Å². The highest BCUT2D eigenvalue weighted by molar-refractivity contribution is 6.01. The minimum Gasteiger partial charge on any atom is -0.350 e. The van der Waals surface area contributed by atoms with Gasteiger partial charge in [0.15, 0.2) is 0 Å². The van der Waals surface area contributed by atoms with Gasteiger partial charge >= 0.3 is 0 Å². The molecule has 3 N–H and O–H groups in total. The monoisotopic (exact) mass is 483 g/mol. The summed E-state index contributed by atoms with van der Waals surface area (Å²) in [5, 5.41) is 8.93. The molecular weight excluding hydrogens is 456 g/mol. The highest BCUT2D eigenvalue weighted by atomic mass is 19.1. The van der Waals surface area contributed by atoms with Gasteiger partial charge in [-0.25, -0.2) is 13.8 Å². The highest BCUT2D eigenvalue weighted by Gasteiger charge is 2.41. The summed E-state index contributed by atoms with van der Waals surface area (Å²) in [7, 11) is 0. The van der Waals surface area contributed by atoms with Crippen molar-refractivity contribution < 1.29 is 18.4 Å². The van der Waals surface area contributed by atoms with Crippen molar-refractivity contribution in [3.63, 3.8) is 0 Å². The Labute approximate surface area is 200 Å². The Morgan fingerprint density at radius 2 is 1.91 bits per heavy atom. The Morgan fingerprint density at radius 1 is 1.17 bits per heavy atom. The van der Waals surface area contributed by atoms with Crippen LogP contribution in [0.5, 0.6) is 0 Å². The highest BCUT2D eigenvalue weighted by Crippen LogP contribution is 2.21. The number of hydrogen-bond donors (Lipinski definition) is 3. The van der Waals surface area contributed by atoms with Crippen molar-refractivity contribution in [2.75, 3.05) is 13.1 Å². The maximum absolute atomic E-state index is 14.0. The van der Waals surface area contributed by atoms with Crippen molar-refractivity contribution in [2.24, 2.45) is 0 Å². The lowest BCUT2D eigenvalue weighted by molar-refractivity contribution is -0.128. The van der Waals surface area contributed by atoms with E-state index in [1.54, 1.807) is 16.7 Å². The summed E-state index contributed by atoms with van der Waals surface area (Å²) in [6.45, 7) is 4.97. The van der Waals surface area contributed by atoms with Crippen LogP contribution in [0.1, 0.15) is 41.4 Å². The topological polar surface area (TPSA) is 105 Å². The summed E-state index contributed by atoms with van der Waals surface area (Å²) in [6.07, 6.45) is 2.03. The van der Waals surface area contributed by atoms with Gasteiger partial charge in [0.2, 0.25) is 11.3 Å². The van der Waals surface area contributed by atoms with E-state index in [-0.39, 0.29) is 30.5 Å². The van der Waals surface area contributed by atoms with Crippen LogP contribution in [0, 0.1) is 18.6 Å². The number of nitrogens with zero attached hydrogens (tertiary/aromatic N) is 2. The van der Waals surface area contributed by atoms with Gasteiger partial charge in [-0.15, -0.1) is 0 Å². The summed E-state index contributed by atoms with van der Waals surface area (Å²) in [6, 6.07) is 6.48. The Kier molecular flexibility index (Phi) is 6.93. The molecule has 1 aromatic carbocycles. The number of pyridine rings is 2. The predicted molar refractivity (Wildman–Crippen MR) is 127 cm³/mol. The zero-order valence-electron chi connectivity index (χ0n) is 19.6. The summed E-state index contributed by atoms with van der Waals surface area (Å²) in [4.78, 5) is 44.2. The van der Waals surface area contributed by atoms with Crippen molar-refractivity contribution in [2.45, 2.75) is 45.3 Å². The molecule has 4 rings (SSSR count). The quantitative estimate of drug-likeness (QED) is 0.499. The van der Waals surface area contributed by atoms with Crippen molar-refractivity contribution in [1.82, 2.24) is 25.5 Å². The van der Waals surface area contributed by atoms with Crippen LogP contribution in [0.25, 0.3) is 11.0 Å². The average molecular weight is 484 g/mol. The van der Waals surface area contributed by atoms with Crippen LogP contribution in [0.3, 0.4) is 0 Å². The Balaban J connectivity index is 1.62. The van der Waals surface area contributed by atoms with Gasteiger partial charge in [-0.3, -0.25) is 14.4 Å². The number of piperidine rings is 1. The fourth-order valence-corrected chi connectivity index (χ4v) is 4.32. The Hall–Kier alpha value is -3.66. The van der Waals surface area contributed by atoms with Crippen LogP contribution >= 0.6 is 0 Å². The molecule has 0 radical (unpaired) electrons. The van der Waals surface area contributed by atoms with Crippen LogP contribution in [-0.4, -0.2) is 40.0 Å². The fraction of sp³-hybridized carbons (Fsp3) is 0.360. The summed E-state index contributed by atoms with van der Waals surface area (Å²) in [5.41, 5.74) is -0.474. The molecule has 2 amide bonds. The zero-order valence-corrected chi connectivity index (χ0v) is 19.6. The van der Waals surface area contributed by atoms with E-state index in [0.29, 0.717) is 30.7 Å². The lowest BCUT2D eigenvalue weighted by Crippen LogP contribution is -2.63. The van der Waals surface area contributed by atoms with Crippen LogP contribution in [0.15, 0.2) is 41.3 Å². The molecule has 1 saturated heterocycles. The van der Waals surface area contributed by atoms with Crippen molar-refractivity contribution in [1.29, 1.82) is 0 Å². The first-order valence-corrected chi connectivity index (χ1v) is 11.5. The predicted octanol–water partition coefficient (Wildman–Crippen LogP) is 2.17. The van der Waals surface area contributed by atoms with Gasteiger partial charge in [-0.2, -0.15) is 0 Å². The lowest BCUT2D eigenvalue weighted by Gasteiger charge is -2.37. The van der Waals surface area contributed by atoms with Crippen LogP contribution in [-0.2, 0) is 17.9 Å². The summed E-state index contributed by atoms with van der Waals surface area (Å²) in [5.74, 6) is -2.64. The fourth-order valence-electron chi connectivity index (χ4n) is 4.32. The maximum Gasteiger partial charge on any atom is 0.257 e. The second-order valence-corrected chi connectivity index (χ2v) is 8.69. The van der Waals surface area contributed by atoms with Gasteiger partial charge in [-0.05, 0) is 58.0 Å². The molecule has 10 heteroatoms. The molecule has 184 valence electrons. The molecule has 1 fully saturated rings. The first-order chi connectivity index (χ1) is 16.7. The molecular formula is C25H27F2N5O3. The van der Waals surface area contributed by atoms with E-state index >= 15 is 0 Å². The van der Waals surface area contributed by atoms with E-state index in [0.717, 1.165) is 17.8 Å². The number of rotatable bonds is 6. The minimum atomic E-state index is -1.29. The molecule has 1 aliphatic heterocycles. The summed E-state index contributed by atoms with van der Waals surface area (Å²) < 4.78 is 28.9. The van der Waals surface area contributed by atoms with E-state index in [2.05, 4.69) is 20.9 Å². The number of benzene rings is 1. The van der Waals surface area contributed by atoms with Gasteiger partial charge < -0.3 is 20.5 Å². The number of carbonyl (C=O) groups excluding carboxylic acids is 2. The molecule has 0 atom stereocenters. The Morgan fingerprint density at radius 3 is 2.60 bits per heavy atom. The third-order valence-corrected chi connectivity index (χ3v) is 6.34. The number of carbonyl (C=O) groups is 2. The lowest BCUT2D eigenvalue weighted by atomic mass is 9.86. The number of aromatic nitrogens is 2. The third-order valence-electron chi connectivity index (χ3n) is 6.34. The van der Waals surface area contributed by atoms with Gasteiger partial charge in [0.25, 0.3) is 5.91 Å². The minimum absolute atomic E-state index is 0.0831. The average Bonchev–Trinajstić information content (AvgIpc) is 2.84. The standard InChI is InChI=1S/C25H27F2N5O3/c1-3-32-14-19(21(33)18-7-4-15(2)30-22(18)32)23(34)31-25(8-10-28-11-9-25)24(35)29-13-16-5-6-17(26)12-20(16)27/h4-7,12,14,28H,3,8-11,13H2,1-2H3,(H,29,35)(H,31,34).